The quantitative estimate of drug-likeness (QED) is 0.291. The van der Waals surface area contributed by atoms with E-state index >= 15 is 0 Å². The second kappa shape index (κ2) is 17.2. The zero-order chi connectivity index (χ0) is 21.0. The first-order valence-corrected chi connectivity index (χ1v) is 9.75. The smallest absolute Gasteiger partial charge is 0.163 e. The van der Waals surface area contributed by atoms with Crippen molar-refractivity contribution >= 4 is 23.9 Å². The summed E-state index contributed by atoms with van der Waals surface area (Å²) in [5.74, 6) is 4.40. The van der Waals surface area contributed by atoms with E-state index in [9.17, 15) is 0 Å². The molecule has 0 bridgehead atoms. The Labute approximate surface area is 218 Å². The van der Waals surface area contributed by atoms with Gasteiger partial charge in [0.05, 0.1) is 0 Å². The predicted molar refractivity (Wildman–Crippen MR) is 125 cm³/mol. The molecule has 0 N–H and O–H groups in total. The Morgan fingerprint density at radius 2 is 0.781 bits per heavy atom. The Balaban J connectivity index is 0.000000301. The maximum absolute atomic E-state index is 4.13. The summed E-state index contributed by atoms with van der Waals surface area (Å²) in [6.07, 6.45) is 35.5. The molecule has 4 nitrogen and oxygen atoms in total. The van der Waals surface area contributed by atoms with Gasteiger partial charge in [0.15, 0.2) is 0 Å². The SMILES string of the molecule is C/C(=N\N=C\[C]1[CH][CH][CH][CH]1)[C]1[CH][CH][CH][CH]1.C/C(=N\N=C\[C]1[CH][CH][CH][CH]1)[C]1[CH][CH][CH][CH]1.[Fe+2].[Fe+2]. The summed E-state index contributed by atoms with van der Waals surface area (Å²) >= 11 is 0. The van der Waals surface area contributed by atoms with Gasteiger partial charge in [-0.2, -0.15) is 20.4 Å². The fraction of sp³-hybridized carbons (Fsp3) is 0.0769. The van der Waals surface area contributed by atoms with Gasteiger partial charge >= 0.3 is 34.1 Å². The van der Waals surface area contributed by atoms with Gasteiger partial charge in [-0.3, -0.25) is 0 Å². The van der Waals surface area contributed by atoms with Crippen LogP contribution in [0.25, 0.3) is 0 Å². The van der Waals surface area contributed by atoms with E-state index in [0.29, 0.717) is 0 Å². The van der Waals surface area contributed by atoms with Crippen molar-refractivity contribution in [2.24, 2.45) is 20.4 Å². The molecule has 0 saturated heterocycles. The van der Waals surface area contributed by atoms with Crippen LogP contribution < -0.4 is 0 Å². The molecule has 0 aromatic carbocycles. The van der Waals surface area contributed by atoms with Gasteiger partial charge in [0, 0.05) is 47.5 Å². The molecular formula is C26H24Fe2N4+4. The van der Waals surface area contributed by atoms with Crippen molar-refractivity contribution in [3.63, 3.8) is 0 Å². The topological polar surface area (TPSA) is 49.4 Å². The van der Waals surface area contributed by atoms with Gasteiger partial charge in [-0.05, 0) is 117 Å². The Bertz CT molecular complexity index is 551. The fourth-order valence-electron chi connectivity index (χ4n) is 2.66. The van der Waals surface area contributed by atoms with Crippen LogP contribution >= 0.6 is 0 Å². The van der Waals surface area contributed by atoms with Gasteiger partial charge in [0.2, 0.25) is 0 Å². The van der Waals surface area contributed by atoms with Crippen LogP contribution in [0.5, 0.6) is 0 Å². The van der Waals surface area contributed by atoms with Crippen molar-refractivity contribution in [3.05, 3.63) is 126 Å². The molecule has 0 aliphatic heterocycles. The van der Waals surface area contributed by atoms with Crippen LogP contribution in [0.1, 0.15) is 13.8 Å². The predicted octanol–water partition coefficient (Wildman–Crippen LogP) is 4.48. The normalized spacial score (nSPS) is 24.2. The Morgan fingerprint density at radius 3 is 1.09 bits per heavy atom. The average Bonchev–Trinajstić information content (AvgIpc) is 3.57. The van der Waals surface area contributed by atoms with Gasteiger partial charge in [0.1, 0.15) is 0 Å². The molecule has 20 radical (unpaired) electrons. The summed E-state index contributed by atoms with van der Waals surface area (Å²) in [6, 6.07) is 0. The van der Waals surface area contributed by atoms with E-state index in [4.69, 9.17) is 0 Å². The van der Waals surface area contributed by atoms with E-state index in [1.807, 2.05) is 117 Å². The minimum atomic E-state index is 0. The van der Waals surface area contributed by atoms with Crippen molar-refractivity contribution in [2.45, 2.75) is 13.8 Å². The minimum absolute atomic E-state index is 0. The van der Waals surface area contributed by atoms with Crippen LogP contribution in [0.4, 0.5) is 0 Å². The summed E-state index contributed by atoms with van der Waals surface area (Å²) in [5.41, 5.74) is 1.87. The first kappa shape index (κ1) is 29.8. The summed E-state index contributed by atoms with van der Waals surface area (Å²) in [4.78, 5) is 0. The van der Waals surface area contributed by atoms with Gasteiger partial charge in [-0.1, -0.05) is 0 Å². The monoisotopic (exact) mass is 504 g/mol. The summed E-state index contributed by atoms with van der Waals surface area (Å²) in [6.45, 7) is 3.91. The first-order chi connectivity index (χ1) is 14.7. The second-order valence-corrected chi connectivity index (χ2v) is 6.64. The molecule has 0 amide bonds. The van der Waals surface area contributed by atoms with E-state index < -0.39 is 0 Å². The third kappa shape index (κ3) is 10.8. The number of nitrogens with zero attached hydrogens (tertiary/aromatic N) is 4. The van der Waals surface area contributed by atoms with Crippen molar-refractivity contribution in [3.8, 4) is 0 Å². The van der Waals surface area contributed by atoms with Crippen LogP contribution in [-0.4, -0.2) is 23.9 Å². The summed E-state index contributed by atoms with van der Waals surface area (Å²) in [7, 11) is 0. The largest absolute Gasteiger partial charge is 2.00 e. The Hall–Kier alpha value is -0.281. The second-order valence-electron chi connectivity index (χ2n) is 6.64. The Morgan fingerprint density at radius 1 is 0.500 bits per heavy atom. The zero-order valence-electron chi connectivity index (χ0n) is 17.9. The van der Waals surface area contributed by atoms with Gasteiger partial charge < -0.3 is 0 Å². The third-order valence-corrected chi connectivity index (χ3v) is 4.37. The molecule has 0 heterocycles. The van der Waals surface area contributed by atoms with Crippen LogP contribution in [0, 0.1) is 126 Å². The maximum atomic E-state index is 4.13. The summed E-state index contributed by atoms with van der Waals surface area (Å²) in [5, 5.41) is 16.3. The van der Waals surface area contributed by atoms with Gasteiger partial charge in [-0.25, -0.2) is 0 Å². The van der Waals surface area contributed by atoms with Gasteiger partial charge in [-0.15, -0.1) is 0 Å². The molecule has 4 aliphatic rings. The molecule has 0 spiro atoms. The third-order valence-electron chi connectivity index (χ3n) is 4.37. The molecule has 6 heteroatoms. The van der Waals surface area contributed by atoms with Crippen LogP contribution in [0.2, 0.25) is 0 Å². The molecule has 32 heavy (non-hydrogen) atoms. The van der Waals surface area contributed by atoms with Crippen molar-refractivity contribution < 1.29 is 34.1 Å². The Kier molecular flexibility index (Phi) is 16.0. The maximum Gasteiger partial charge on any atom is 2.00 e. The number of hydrogen-bond donors (Lipinski definition) is 0. The minimum Gasteiger partial charge on any atom is -0.163 e. The molecule has 0 unspecified atom stereocenters. The van der Waals surface area contributed by atoms with Crippen LogP contribution in [-0.2, 0) is 34.1 Å². The van der Waals surface area contributed by atoms with Gasteiger partial charge in [0.25, 0.3) is 0 Å². The first-order valence-electron chi connectivity index (χ1n) is 9.75. The van der Waals surface area contributed by atoms with Crippen molar-refractivity contribution in [2.75, 3.05) is 0 Å². The standard InChI is InChI=1S/2C13H12N2.2Fe/c2*1-11(13-8-4-5-9-13)15-14-10-12-6-2-3-7-12;;/h2*2-10H,1H3;;/q;;2*+2/b2*14-10+,15-11+;;. The number of rotatable bonds is 6. The molecule has 4 saturated carbocycles. The van der Waals surface area contributed by atoms with E-state index in [1.165, 1.54) is 0 Å². The van der Waals surface area contributed by atoms with Crippen LogP contribution in [0.3, 0.4) is 0 Å². The molecule has 0 aromatic rings. The van der Waals surface area contributed by atoms with E-state index in [0.717, 1.165) is 35.1 Å². The number of hydrogen-bond acceptors (Lipinski definition) is 4. The molecule has 160 valence electrons. The van der Waals surface area contributed by atoms with E-state index in [2.05, 4.69) is 20.4 Å². The van der Waals surface area contributed by atoms with Crippen molar-refractivity contribution in [1.29, 1.82) is 0 Å². The van der Waals surface area contributed by atoms with E-state index in [1.54, 1.807) is 12.4 Å². The molecular weight excluding hydrogens is 480 g/mol. The molecule has 4 fully saturated rings. The van der Waals surface area contributed by atoms with Crippen molar-refractivity contribution in [1.82, 2.24) is 0 Å². The summed E-state index contributed by atoms with van der Waals surface area (Å²) < 4.78 is 0. The zero-order valence-corrected chi connectivity index (χ0v) is 20.1. The average molecular weight is 504 g/mol. The molecule has 4 aliphatic carbocycles. The van der Waals surface area contributed by atoms with Crippen LogP contribution in [0.15, 0.2) is 20.4 Å². The molecule has 4 rings (SSSR count). The van der Waals surface area contributed by atoms with E-state index in [-0.39, 0.29) is 34.1 Å². The molecule has 0 aromatic heterocycles. The fourth-order valence-corrected chi connectivity index (χ4v) is 2.66. The molecule has 0 atom stereocenters.